The van der Waals surface area contributed by atoms with E-state index in [9.17, 15) is 5.26 Å². The molecule has 1 N–H and O–H groups in total. The third kappa shape index (κ3) is 4.16. The van der Waals surface area contributed by atoms with E-state index in [1.165, 1.54) is 56.9 Å². The SMILES string of the molecule is Cc1ccc(C(OO)C2CCC(C3CCC(C)CC3)CC2)cc1.[HH].[HH]. The van der Waals surface area contributed by atoms with Crippen molar-refractivity contribution in [1.82, 2.24) is 0 Å². The third-order valence-corrected chi connectivity index (χ3v) is 6.49. The van der Waals surface area contributed by atoms with Crippen molar-refractivity contribution < 1.29 is 13.0 Å². The van der Waals surface area contributed by atoms with E-state index in [1.807, 2.05) is 0 Å². The molecule has 1 aromatic carbocycles. The lowest BCUT2D eigenvalue weighted by molar-refractivity contribution is -0.296. The zero-order valence-corrected chi connectivity index (χ0v) is 14.7. The summed E-state index contributed by atoms with van der Waals surface area (Å²) in [5, 5.41) is 9.44. The topological polar surface area (TPSA) is 29.5 Å². The van der Waals surface area contributed by atoms with Gasteiger partial charge < -0.3 is 0 Å². The Balaban J connectivity index is 0.00000156. The highest BCUT2D eigenvalue weighted by molar-refractivity contribution is 5.23. The van der Waals surface area contributed by atoms with Crippen molar-refractivity contribution in [2.75, 3.05) is 0 Å². The Hall–Kier alpha value is -0.860. The summed E-state index contributed by atoms with van der Waals surface area (Å²) < 4.78 is 0. The number of benzene rings is 1. The molecule has 2 nitrogen and oxygen atoms in total. The first-order valence-corrected chi connectivity index (χ1v) is 9.54. The van der Waals surface area contributed by atoms with Gasteiger partial charge >= 0.3 is 0 Å². The van der Waals surface area contributed by atoms with Gasteiger partial charge in [0.15, 0.2) is 0 Å². The smallest absolute Gasteiger partial charge is 0.120 e. The molecule has 3 rings (SSSR count). The van der Waals surface area contributed by atoms with Crippen molar-refractivity contribution in [2.45, 2.75) is 71.3 Å². The maximum atomic E-state index is 9.44. The van der Waals surface area contributed by atoms with Crippen molar-refractivity contribution in [1.29, 1.82) is 0 Å². The maximum Gasteiger partial charge on any atom is 0.120 e. The summed E-state index contributed by atoms with van der Waals surface area (Å²) in [5.41, 5.74) is 2.37. The van der Waals surface area contributed by atoms with Gasteiger partial charge in [-0.15, -0.1) is 0 Å². The van der Waals surface area contributed by atoms with Crippen LogP contribution >= 0.6 is 0 Å². The Morgan fingerprint density at radius 1 is 0.913 bits per heavy atom. The van der Waals surface area contributed by atoms with Gasteiger partial charge in [-0.3, -0.25) is 5.26 Å². The molecule has 23 heavy (non-hydrogen) atoms. The lowest BCUT2D eigenvalue weighted by Crippen LogP contribution is -2.27. The molecule has 1 unspecified atom stereocenters. The number of aryl methyl sites for hydroxylation is 1. The summed E-state index contributed by atoms with van der Waals surface area (Å²) in [6.07, 6.45) is 10.6. The molecule has 0 aliphatic heterocycles. The summed E-state index contributed by atoms with van der Waals surface area (Å²) in [7, 11) is 0. The molecular formula is C21H36O2. The van der Waals surface area contributed by atoms with Crippen molar-refractivity contribution in [2.24, 2.45) is 23.7 Å². The highest BCUT2D eigenvalue weighted by Crippen LogP contribution is 2.44. The monoisotopic (exact) mass is 320 g/mol. The van der Waals surface area contributed by atoms with E-state index in [2.05, 4.69) is 38.1 Å². The number of hydrogen-bond acceptors (Lipinski definition) is 2. The molecule has 0 radical (unpaired) electrons. The fourth-order valence-corrected chi connectivity index (χ4v) is 4.85. The van der Waals surface area contributed by atoms with Gasteiger partial charge in [0.05, 0.1) is 0 Å². The lowest BCUT2D eigenvalue weighted by Gasteiger charge is -2.38. The maximum absolute atomic E-state index is 9.44. The molecule has 2 saturated carbocycles. The van der Waals surface area contributed by atoms with Crippen LogP contribution in [-0.2, 0) is 4.89 Å². The average molecular weight is 321 g/mol. The number of hydrogen-bond donors (Lipinski definition) is 1. The van der Waals surface area contributed by atoms with Crippen LogP contribution in [0.1, 0.15) is 78.4 Å². The van der Waals surface area contributed by atoms with Gasteiger partial charge in [-0.1, -0.05) is 49.6 Å². The lowest BCUT2D eigenvalue weighted by atomic mass is 9.68. The van der Waals surface area contributed by atoms with Crippen LogP contribution < -0.4 is 0 Å². The molecule has 0 saturated heterocycles. The number of rotatable bonds is 4. The van der Waals surface area contributed by atoms with Gasteiger partial charge in [0.1, 0.15) is 6.10 Å². The molecule has 1 atom stereocenters. The summed E-state index contributed by atoms with van der Waals surface area (Å²) >= 11 is 0. The van der Waals surface area contributed by atoms with Crippen molar-refractivity contribution >= 4 is 0 Å². The summed E-state index contributed by atoms with van der Waals surface area (Å²) in [5.74, 6) is 3.27. The molecule has 2 fully saturated rings. The van der Waals surface area contributed by atoms with Gasteiger partial charge in [0, 0.05) is 2.85 Å². The van der Waals surface area contributed by atoms with E-state index in [-0.39, 0.29) is 8.96 Å². The molecule has 2 aliphatic rings. The molecule has 2 aliphatic carbocycles. The normalized spacial score (nSPS) is 33.3. The van der Waals surface area contributed by atoms with E-state index >= 15 is 0 Å². The zero-order valence-electron chi connectivity index (χ0n) is 14.7. The fourth-order valence-electron chi connectivity index (χ4n) is 4.85. The highest BCUT2D eigenvalue weighted by Gasteiger charge is 2.33. The van der Waals surface area contributed by atoms with Crippen LogP contribution in [0.3, 0.4) is 0 Å². The van der Waals surface area contributed by atoms with Gasteiger partial charge in [-0.25, -0.2) is 4.89 Å². The Labute approximate surface area is 144 Å². The molecule has 0 bridgehead atoms. The van der Waals surface area contributed by atoms with Crippen LogP contribution in [0, 0.1) is 30.6 Å². The molecule has 0 aromatic heterocycles. The highest BCUT2D eigenvalue weighted by atomic mass is 17.1. The first-order chi connectivity index (χ1) is 11.2. The third-order valence-electron chi connectivity index (χ3n) is 6.49. The Kier molecular flexibility index (Phi) is 5.76. The Morgan fingerprint density at radius 3 is 1.96 bits per heavy atom. The molecule has 0 amide bonds. The summed E-state index contributed by atoms with van der Waals surface area (Å²) in [4.78, 5) is 4.91. The van der Waals surface area contributed by atoms with E-state index in [0.717, 1.165) is 23.3 Å². The second kappa shape index (κ2) is 7.81. The van der Waals surface area contributed by atoms with Crippen LogP contribution in [-0.4, -0.2) is 5.26 Å². The van der Waals surface area contributed by atoms with Gasteiger partial charge in [0.25, 0.3) is 0 Å². The molecule has 1 aromatic rings. The predicted molar refractivity (Wildman–Crippen MR) is 98.4 cm³/mol. The van der Waals surface area contributed by atoms with Gasteiger partial charge in [-0.2, -0.15) is 0 Å². The van der Waals surface area contributed by atoms with Crippen LogP contribution in [0.15, 0.2) is 24.3 Å². The standard InChI is InChI=1S/C21H32O2.2H2/c1-15-3-7-17(8-4-15)18-11-13-20(14-12-18)21(23-22)19-9-5-16(2)6-10-19;;/h5-6,9-10,15,17-18,20-22H,3-4,7-8,11-14H2,1-2H3;2*1H. The zero-order chi connectivity index (χ0) is 16.2. The molecule has 2 heteroatoms. The largest absolute Gasteiger partial charge is 0.251 e. The molecular weight excluding hydrogens is 284 g/mol. The van der Waals surface area contributed by atoms with Gasteiger partial charge in [0.2, 0.25) is 0 Å². The minimum Gasteiger partial charge on any atom is -0.251 e. The minimum atomic E-state index is -0.150. The molecule has 0 spiro atoms. The van der Waals surface area contributed by atoms with Crippen molar-refractivity contribution in [3.8, 4) is 0 Å². The predicted octanol–water partition coefficient (Wildman–Crippen LogP) is 6.65. The first kappa shape index (κ1) is 17.0. The van der Waals surface area contributed by atoms with E-state index < -0.39 is 0 Å². The Morgan fingerprint density at radius 2 is 1.43 bits per heavy atom. The quantitative estimate of drug-likeness (QED) is 0.497. The molecule has 132 valence electrons. The van der Waals surface area contributed by atoms with Crippen LogP contribution in [0.4, 0.5) is 0 Å². The average Bonchev–Trinajstić information content (AvgIpc) is 2.59. The van der Waals surface area contributed by atoms with Crippen LogP contribution in [0.2, 0.25) is 0 Å². The fraction of sp³-hybridized carbons (Fsp3) is 0.714. The first-order valence-electron chi connectivity index (χ1n) is 9.54. The van der Waals surface area contributed by atoms with E-state index in [1.54, 1.807) is 0 Å². The van der Waals surface area contributed by atoms with Crippen LogP contribution in [0.25, 0.3) is 0 Å². The second-order valence-corrected chi connectivity index (χ2v) is 8.13. The van der Waals surface area contributed by atoms with E-state index in [0.29, 0.717) is 5.92 Å². The Bertz CT molecular complexity index is 475. The second-order valence-electron chi connectivity index (χ2n) is 8.13. The summed E-state index contributed by atoms with van der Waals surface area (Å²) in [6, 6.07) is 8.42. The van der Waals surface area contributed by atoms with Gasteiger partial charge in [-0.05, 0) is 74.7 Å². The minimum absolute atomic E-state index is 0. The van der Waals surface area contributed by atoms with Crippen molar-refractivity contribution in [3.05, 3.63) is 35.4 Å². The molecule has 0 heterocycles. The van der Waals surface area contributed by atoms with E-state index in [4.69, 9.17) is 4.89 Å². The van der Waals surface area contributed by atoms with Crippen molar-refractivity contribution in [3.63, 3.8) is 0 Å². The summed E-state index contributed by atoms with van der Waals surface area (Å²) in [6.45, 7) is 4.49. The van der Waals surface area contributed by atoms with Crippen LogP contribution in [0.5, 0.6) is 0 Å².